The summed E-state index contributed by atoms with van der Waals surface area (Å²) in [6.07, 6.45) is 1.87. The lowest BCUT2D eigenvalue weighted by atomic mass is 10.1. The van der Waals surface area contributed by atoms with Gasteiger partial charge in [0.1, 0.15) is 0 Å². The molecular formula is C24H19ClN4O2S. The molecule has 32 heavy (non-hydrogen) atoms. The van der Waals surface area contributed by atoms with Gasteiger partial charge in [-0.1, -0.05) is 47.2 Å². The number of anilines is 2. The van der Waals surface area contributed by atoms with Crippen LogP contribution >= 0.6 is 22.9 Å². The van der Waals surface area contributed by atoms with Crippen molar-refractivity contribution in [3.63, 3.8) is 0 Å². The van der Waals surface area contributed by atoms with Crippen LogP contribution in [0.25, 0.3) is 10.2 Å². The van der Waals surface area contributed by atoms with Gasteiger partial charge in [-0.3, -0.25) is 19.5 Å². The molecule has 160 valence electrons. The van der Waals surface area contributed by atoms with Gasteiger partial charge in [0.25, 0.3) is 0 Å². The molecule has 1 fully saturated rings. The lowest BCUT2D eigenvalue weighted by molar-refractivity contribution is -0.124. The van der Waals surface area contributed by atoms with Crippen LogP contribution in [0.15, 0.2) is 72.9 Å². The number of thiazole rings is 1. The Morgan fingerprint density at radius 3 is 2.72 bits per heavy atom. The summed E-state index contributed by atoms with van der Waals surface area (Å²) in [5.41, 5.74) is 2.34. The Kier molecular flexibility index (Phi) is 5.59. The van der Waals surface area contributed by atoms with E-state index in [2.05, 4.69) is 9.97 Å². The van der Waals surface area contributed by atoms with Crippen molar-refractivity contribution in [2.45, 2.75) is 13.0 Å². The van der Waals surface area contributed by atoms with Gasteiger partial charge < -0.3 is 4.90 Å². The smallest absolute Gasteiger partial charge is 0.234 e. The van der Waals surface area contributed by atoms with Gasteiger partial charge in [0.05, 0.1) is 28.4 Å². The van der Waals surface area contributed by atoms with Crippen LogP contribution < -0.4 is 9.80 Å². The van der Waals surface area contributed by atoms with Gasteiger partial charge in [-0.25, -0.2) is 4.98 Å². The van der Waals surface area contributed by atoms with Crippen LogP contribution in [0.2, 0.25) is 5.02 Å². The SMILES string of the molecule is O=C1CC(C(=O)N(Cc2ccccn2)c2nc3ccc(Cl)cc3s2)CN1c1ccccc1. The second-order valence-electron chi connectivity index (χ2n) is 7.59. The van der Waals surface area contributed by atoms with Crippen LogP contribution in [0.4, 0.5) is 10.8 Å². The minimum absolute atomic E-state index is 0.0524. The highest BCUT2D eigenvalue weighted by Gasteiger charge is 2.38. The van der Waals surface area contributed by atoms with E-state index in [1.807, 2.05) is 60.7 Å². The molecule has 0 radical (unpaired) electrons. The van der Waals surface area contributed by atoms with Crippen molar-refractivity contribution < 1.29 is 9.59 Å². The van der Waals surface area contributed by atoms with Crippen molar-refractivity contribution in [2.24, 2.45) is 5.92 Å². The number of hydrogen-bond acceptors (Lipinski definition) is 5. The van der Waals surface area contributed by atoms with Gasteiger partial charge >= 0.3 is 0 Å². The molecule has 0 spiro atoms. The predicted octanol–water partition coefficient (Wildman–Crippen LogP) is 4.93. The zero-order chi connectivity index (χ0) is 22.1. The van der Waals surface area contributed by atoms with E-state index in [0.29, 0.717) is 16.7 Å². The molecule has 0 aliphatic carbocycles. The van der Waals surface area contributed by atoms with Crippen molar-refractivity contribution in [1.82, 2.24) is 9.97 Å². The maximum Gasteiger partial charge on any atom is 0.234 e. The van der Waals surface area contributed by atoms with Gasteiger partial charge in [-0.2, -0.15) is 0 Å². The first kappa shape index (κ1) is 20.6. The predicted molar refractivity (Wildman–Crippen MR) is 127 cm³/mol. The van der Waals surface area contributed by atoms with Crippen molar-refractivity contribution in [1.29, 1.82) is 0 Å². The molecule has 2 amide bonds. The Labute approximate surface area is 194 Å². The number of pyridine rings is 1. The first-order chi connectivity index (χ1) is 15.6. The molecule has 1 saturated heterocycles. The highest BCUT2D eigenvalue weighted by atomic mass is 35.5. The zero-order valence-electron chi connectivity index (χ0n) is 17.0. The molecule has 1 atom stereocenters. The molecule has 2 aromatic carbocycles. The molecule has 2 aromatic heterocycles. The van der Waals surface area contributed by atoms with E-state index >= 15 is 0 Å². The molecule has 0 bridgehead atoms. The van der Waals surface area contributed by atoms with E-state index in [9.17, 15) is 9.59 Å². The third kappa shape index (κ3) is 4.09. The summed E-state index contributed by atoms with van der Waals surface area (Å²) in [7, 11) is 0. The van der Waals surface area contributed by atoms with Crippen LogP contribution in [0.3, 0.4) is 0 Å². The van der Waals surface area contributed by atoms with E-state index in [-0.39, 0.29) is 24.8 Å². The minimum Gasteiger partial charge on any atom is -0.312 e. The van der Waals surface area contributed by atoms with Gasteiger partial charge in [-0.15, -0.1) is 0 Å². The van der Waals surface area contributed by atoms with Crippen molar-refractivity contribution >= 4 is 55.8 Å². The number of carbonyl (C=O) groups excluding carboxylic acids is 2. The average Bonchev–Trinajstić information content (AvgIpc) is 3.41. The van der Waals surface area contributed by atoms with E-state index in [4.69, 9.17) is 11.6 Å². The van der Waals surface area contributed by atoms with Crippen molar-refractivity contribution in [3.05, 3.63) is 83.6 Å². The normalized spacial score (nSPS) is 16.0. The monoisotopic (exact) mass is 462 g/mol. The minimum atomic E-state index is -0.456. The summed E-state index contributed by atoms with van der Waals surface area (Å²) in [6, 6.07) is 20.5. The fourth-order valence-electron chi connectivity index (χ4n) is 3.85. The number of para-hydroxylation sites is 1. The molecule has 8 heteroatoms. The summed E-state index contributed by atoms with van der Waals surface area (Å²) in [4.78, 5) is 38.8. The average molecular weight is 463 g/mol. The molecule has 1 aliphatic rings. The van der Waals surface area contributed by atoms with Crippen LogP contribution in [-0.2, 0) is 16.1 Å². The van der Waals surface area contributed by atoms with Crippen LogP contribution in [-0.4, -0.2) is 28.3 Å². The molecule has 0 N–H and O–H groups in total. The number of aromatic nitrogens is 2. The standard InChI is InChI=1S/C24H19ClN4O2S/c25-17-9-10-20-21(13-17)32-24(27-20)29(15-18-6-4-5-11-26-18)23(31)16-12-22(30)28(14-16)19-7-2-1-3-8-19/h1-11,13,16H,12,14-15H2. The van der Waals surface area contributed by atoms with Crippen LogP contribution in [0.5, 0.6) is 0 Å². The Morgan fingerprint density at radius 2 is 1.94 bits per heavy atom. The Balaban J connectivity index is 1.47. The maximum absolute atomic E-state index is 13.7. The molecule has 5 rings (SSSR count). The summed E-state index contributed by atoms with van der Waals surface area (Å²) in [5, 5.41) is 1.19. The molecule has 1 aliphatic heterocycles. The first-order valence-electron chi connectivity index (χ1n) is 10.2. The lowest BCUT2D eigenvalue weighted by Crippen LogP contribution is -2.37. The maximum atomic E-state index is 13.7. The van der Waals surface area contributed by atoms with Crippen molar-refractivity contribution in [3.8, 4) is 0 Å². The summed E-state index contributed by atoms with van der Waals surface area (Å²) in [5.74, 6) is -0.641. The third-order valence-corrected chi connectivity index (χ3v) is 6.70. The van der Waals surface area contributed by atoms with E-state index in [0.717, 1.165) is 21.6 Å². The number of halogens is 1. The number of nitrogens with zero attached hydrogens (tertiary/aromatic N) is 4. The van der Waals surface area contributed by atoms with E-state index in [1.54, 1.807) is 22.1 Å². The number of amides is 2. The first-order valence-corrected chi connectivity index (χ1v) is 11.4. The number of hydrogen-bond donors (Lipinski definition) is 0. The molecule has 6 nitrogen and oxygen atoms in total. The largest absolute Gasteiger partial charge is 0.312 e. The Morgan fingerprint density at radius 1 is 1.12 bits per heavy atom. The Hall–Kier alpha value is -3.29. The quantitative estimate of drug-likeness (QED) is 0.421. The summed E-state index contributed by atoms with van der Waals surface area (Å²) >= 11 is 7.55. The van der Waals surface area contributed by atoms with Crippen LogP contribution in [0.1, 0.15) is 12.1 Å². The van der Waals surface area contributed by atoms with Gasteiger partial charge in [-0.05, 0) is 42.5 Å². The van der Waals surface area contributed by atoms with Gasteiger partial charge in [0.2, 0.25) is 11.8 Å². The number of carbonyl (C=O) groups is 2. The van der Waals surface area contributed by atoms with E-state index in [1.165, 1.54) is 11.3 Å². The second kappa shape index (κ2) is 8.68. The van der Waals surface area contributed by atoms with Gasteiger partial charge in [0.15, 0.2) is 5.13 Å². The highest BCUT2D eigenvalue weighted by Crippen LogP contribution is 2.34. The Bertz CT molecular complexity index is 1280. The summed E-state index contributed by atoms with van der Waals surface area (Å²) < 4.78 is 0.903. The molecule has 1 unspecified atom stereocenters. The lowest BCUT2D eigenvalue weighted by Gasteiger charge is -2.23. The zero-order valence-corrected chi connectivity index (χ0v) is 18.6. The summed E-state index contributed by atoms with van der Waals surface area (Å²) in [6.45, 7) is 0.625. The number of fused-ring (bicyclic) bond motifs is 1. The number of rotatable bonds is 5. The van der Waals surface area contributed by atoms with Crippen molar-refractivity contribution in [2.75, 3.05) is 16.3 Å². The number of benzene rings is 2. The molecule has 3 heterocycles. The van der Waals surface area contributed by atoms with Crippen LogP contribution in [0, 0.1) is 5.92 Å². The highest BCUT2D eigenvalue weighted by molar-refractivity contribution is 7.22. The van der Waals surface area contributed by atoms with E-state index < -0.39 is 5.92 Å². The molecular weight excluding hydrogens is 444 g/mol. The topological polar surface area (TPSA) is 66.4 Å². The fourth-order valence-corrected chi connectivity index (χ4v) is 5.09. The second-order valence-corrected chi connectivity index (χ2v) is 9.04. The molecule has 0 saturated carbocycles. The molecule has 4 aromatic rings. The van der Waals surface area contributed by atoms with Gasteiger partial charge in [0, 0.05) is 29.9 Å². The third-order valence-electron chi connectivity index (χ3n) is 5.42. The fraction of sp³-hybridized carbons (Fsp3) is 0.167.